The first kappa shape index (κ1) is 12.9. The van der Waals surface area contributed by atoms with Crippen molar-refractivity contribution in [1.82, 2.24) is 0 Å². The third kappa shape index (κ3) is 2.21. The average molecular weight is 273 g/mol. The van der Waals surface area contributed by atoms with Crippen LogP contribution in [0, 0.1) is 17.5 Å². The zero-order valence-corrected chi connectivity index (χ0v) is 10.2. The van der Waals surface area contributed by atoms with Gasteiger partial charge in [0.2, 0.25) is 0 Å². The van der Waals surface area contributed by atoms with Crippen LogP contribution in [0.4, 0.5) is 13.2 Å². The largest absolute Gasteiger partial charge is 0.496 e. The van der Waals surface area contributed by atoms with Crippen molar-refractivity contribution in [3.8, 4) is 5.75 Å². The molecule has 1 atom stereocenters. The highest BCUT2D eigenvalue weighted by Gasteiger charge is 2.23. The molecular formula is C12H10F3NOS. The first-order chi connectivity index (χ1) is 8.54. The minimum absolute atomic E-state index is 0.364. The van der Waals surface area contributed by atoms with Gasteiger partial charge < -0.3 is 10.5 Å². The smallest absolute Gasteiger partial charge is 0.134 e. The Morgan fingerprint density at radius 2 is 1.83 bits per heavy atom. The lowest BCUT2D eigenvalue weighted by Gasteiger charge is -2.14. The molecule has 0 aliphatic rings. The highest BCUT2D eigenvalue weighted by molar-refractivity contribution is 7.10. The molecule has 2 rings (SSSR count). The Hall–Kier alpha value is -1.53. The second-order valence-electron chi connectivity index (χ2n) is 3.61. The summed E-state index contributed by atoms with van der Waals surface area (Å²) in [5.74, 6) is -2.53. The summed E-state index contributed by atoms with van der Waals surface area (Å²) in [4.78, 5) is 0.488. The predicted octanol–water partition coefficient (Wildman–Crippen LogP) is 3.22. The summed E-state index contributed by atoms with van der Waals surface area (Å²) >= 11 is 1.22. The molecule has 2 aromatic rings. The number of rotatable bonds is 3. The van der Waals surface area contributed by atoms with Gasteiger partial charge in [0.25, 0.3) is 0 Å². The Balaban J connectivity index is 2.49. The van der Waals surface area contributed by atoms with Crippen molar-refractivity contribution in [2.24, 2.45) is 5.73 Å². The lowest BCUT2D eigenvalue weighted by Crippen LogP contribution is -2.15. The first-order valence-electron chi connectivity index (χ1n) is 5.06. The van der Waals surface area contributed by atoms with Gasteiger partial charge in [-0.05, 0) is 11.4 Å². The van der Waals surface area contributed by atoms with E-state index < -0.39 is 23.5 Å². The molecule has 0 spiro atoms. The number of methoxy groups -OCH3 is 1. The number of hydrogen-bond acceptors (Lipinski definition) is 3. The van der Waals surface area contributed by atoms with E-state index in [-0.39, 0.29) is 5.56 Å². The summed E-state index contributed by atoms with van der Waals surface area (Å²) in [6.07, 6.45) is 0. The molecule has 0 bridgehead atoms. The minimum atomic E-state index is -1.03. The molecule has 6 heteroatoms. The quantitative estimate of drug-likeness (QED) is 0.932. The Morgan fingerprint density at radius 3 is 2.39 bits per heavy atom. The number of benzene rings is 1. The Kier molecular flexibility index (Phi) is 3.58. The van der Waals surface area contributed by atoms with Crippen LogP contribution in [0.1, 0.15) is 16.5 Å². The maximum atomic E-state index is 13.6. The highest BCUT2D eigenvalue weighted by atomic mass is 32.1. The van der Waals surface area contributed by atoms with Gasteiger partial charge in [-0.25, -0.2) is 13.2 Å². The van der Waals surface area contributed by atoms with E-state index in [0.29, 0.717) is 22.8 Å². The third-order valence-electron chi connectivity index (χ3n) is 2.51. The van der Waals surface area contributed by atoms with Gasteiger partial charge in [0.1, 0.15) is 23.2 Å². The van der Waals surface area contributed by atoms with Gasteiger partial charge in [0.05, 0.1) is 18.0 Å². The molecule has 18 heavy (non-hydrogen) atoms. The van der Waals surface area contributed by atoms with Gasteiger partial charge in [-0.15, -0.1) is 11.3 Å². The standard InChI is InChI=1S/C12H10F3NOS/c1-17-9-2-3-18-12(9)11(16)10-7(14)4-6(13)5-8(10)15/h2-5,11H,16H2,1H3. The van der Waals surface area contributed by atoms with Gasteiger partial charge in [-0.2, -0.15) is 0 Å². The Morgan fingerprint density at radius 1 is 1.22 bits per heavy atom. The van der Waals surface area contributed by atoms with Crippen LogP contribution in [0.2, 0.25) is 0 Å². The molecule has 1 heterocycles. The van der Waals surface area contributed by atoms with Crippen LogP contribution in [-0.2, 0) is 0 Å². The van der Waals surface area contributed by atoms with Gasteiger partial charge in [0, 0.05) is 17.7 Å². The zero-order chi connectivity index (χ0) is 13.3. The first-order valence-corrected chi connectivity index (χ1v) is 5.94. The summed E-state index contributed by atoms with van der Waals surface area (Å²) in [6, 6.07) is 1.84. The van der Waals surface area contributed by atoms with Gasteiger partial charge in [-0.1, -0.05) is 0 Å². The van der Waals surface area contributed by atoms with Crippen molar-refractivity contribution in [3.63, 3.8) is 0 Å². The molecule has 2 nitrogen and oxygen atoms in total. The van der Waals surface area contributed by atoms with E-state index in [2.05, 4.69) is 0 Å². The lowest BCUT2D eigenvalue weighted by atomic mass is 10.0. The Bertz CT molecular complexity index is 547. The van der Waals surface area contributed by atoms with Crippen molar-refractivity contribution in [2.45, 2.75) is 6.04 Å². The lowest BCUT2D eigenvalue weighted by molar-refractivity contribution is 0.409. The van der Waals surface area contributed by atoms with Crippen LogP contribution < -0.4 is 10.5 Å². The third-order valence-corrected chi connectivity index (χ3v) is 3.50. The van der Waals surface area contributed by atoms with E-state index >= 15 is 0 Å². The van der Waals surface area contributed by atoms with E-state index in [1.54, 1.807) is 11.4 Å². The van der Waals surface area contributed by atoms with Crippen molar-refractivity contribution >= 4 is 11.3 Å². The van der Waals surface area contributed by atoms with E-state index in [0.717, 1.165) is 0 Å². The highest BCUT2D eigenvalue weighted by Crippen LogP contribution is 2.35. The molecular weight excluding hydrogens is 263 g/mol. The van der Waals surface area contributed by atoms with Crippen molar-refractivity contribution in [3.05, 3.63) is 51.5 Å². The molecule has 1 aromatic carbocycles. The molecule has 96 valence electrons. The molecule has 0 saturated carbocycles. The van der Waals surface area contributed by atoms with E-state index in [9.17, 15) is 13.2 Å². The summed E-state index contributed by atoms with van der Waals surface area (Å²) in [7, 11) is 1.44. The van der Waals surface area contributed by atoms with E-state index in [1.807, 2.05) is 0 Å². The molecule has 1 aromatic heterocycles. The van der Waals surface area contributed by atoms with Crippen LogP contribution in [0.3, 0.4) is 0 Å². The normalized spacial score (nSPS) is 12.5. The van der Waals surface area contributed by atoms with Crippen LogP contribution >= 0.6 is 11.3 Å². The van der Waals surface area contributed by atoms with E-state index in [4.69, 9.17) is 10.5 Å². The monoisotopic (exact) mass is 273 g/mol. The molecule has 0 aliphatic carbocycles. The number of ether oxygens (including phenoxy) is 1. The fourth-order valence-corrected chi connectivity index (χ4v) is 2.56. The maximum Gasteiger partial charge on any atom is 0.134 e. The van der Waals surface area contributed by atoms with Crippen LogP contribution in [0.25, 0.3) is 0 Å². The second kappa shape index (κ2) is 4.99. The SMILES string of the molecule is COc1ccsc1C(N)c1c(F)cc(F)cc1F. The number of hydrogen-bond donors (Lipinski definition) is 1. The summed E-state index contributed by atoms with van der Waals surface area (Å²) in [5, 5.41) is 1.70. The minimum Gasteiger partial charge on any atom is -0.496 e. The molecule has 0 amide bonds. The predicted molar refractivity (Wildman–Crippen MR) is 63.2 cm³/mol. The van der Waals surface area contributed by atoms with Crippen LogP contribution in [-0.4, -0.2) is 7.11 Å². The fraction of sp³-hybridized carbons (Fsp3) is 0.167. The van der Waals surface area contributed by atoms with Crippen molar-refractivity contribution in [2.75, 3.05) is 7.11 Å². The molecule has 0 aliphatic heterocycles. The number of nitrogens with two attached hydrogens (primary N) is 1. The number of thiophene rings is 1. The van der Waals surface area contributed by atoms with Crippen LogP contribution in [0.5, 0.6) is 5.75 Å². The molecule has 0 saturated heterocycles. The summed E-state index contributed by atoms with van der Waals surface area (Å²) < 4.78 is 45.0. The summed E-state index contributed by atoms with van der Waals surface area (Å²) in [6.45, 7) is 0. The van der Waals surface area contributed by atoms with Gasteiger partial charge in [-0.3, -0.25) is 0 Å². The topological polar surface area (TPSA) is 35.2 Å². The molecule has 0 radical (unpaired) electrons. The van der Waals surface area contributed by atoms with Crippen LogP contribution in [0.15, 0.2) is 23.6 Å². The van der Waals surface area contributed by atoms with Crippen molar-refractivity contribution < 1.29 is 17.9 Å². The maximum absolute atomic E-state index is 13.6. The average Bonchev–Trinajstić information content (AvgIpc) is 2.75. The Labute approximate surface area is 106 Å². The van der Waals surface area contributed by atoms with Crippen molar-refractivity contribution in [1.29, 1.82) is 0 Å². The van der Waals surface area contributed by atoms with Gasteiger partial charge >= 0.3 is 0 Å². The second-order valence-corrected chi connectivity index (χ2v) is 4.56. The van der Waals surface area contributed by atoms with E-state index in [1.165, 1.54) is 18.4 Å². The molecule has 2 N–H and O–H groups in total. The molecule has 1 unspecified atom stereocenters. The number of halogens is 3. The molecule has 0 fully saturated rings. The zero-order valence-electron chi connectivity index (χ0n) is 9.41. The fourth-order valence-electron chi connectivity index (χ4n) is 1.69. The summed E-state index contributed by atoms with van der Waals surface area (Å²) in [5.41, 5.74) is 5.45. The van der Waals surface area contributed by atoms with Gasteiger partial charge in [0.15, 0.2) is 0 Å².